The van der Waals surface area contributed by atoms with Crippen molar-refractivity contribution in [3.63, 3.8) is 0 Å². The van der Waals surface area contributed by atoms with E-state index in [0.29, 0.717) is 29.9 Å². The number of esters is 1. The highest BCUT2D eigenvalue weighted by atomic mass is 16.7. The number of carbonyl (C=O) groups excluding carboxylic acids is 1. The highest BCUT2D eigenvalue weighted by Gasteiger charge is 2.25. The molecule has 0 spiro atoms. The highest BCUT2D eigenvalue weighted by Crippen LogP contribution is 2.36. The topological polar surface area (TPSA) is 63.2 Å². The first-order chi connectivity index (χ1) is 13.3. The Morgan fingerprint density at radius 1 is 0.821 bits per heavy atom. The summed E-state index contributed by atoms with van der Waals surface area (Å²) >= 11 is 0. The van der Waals surface area contributed by atoms with Gasteiger partial charge in [-0.1, -0.05) is 23.3 Å². The van der Waals surface area contributed by atoms with Crippen LogP contribution in [0.15, 0.2) is 29.4 Å². The molecule has 0 aliphatic heterocycles. The molecular weight excluding hydrogens is 360 g/mol. The van der Waals surface area contributed by atoms with Crippen molar-refractivity contribution in [2.45, 2.75) is 40.5 Å². The third-order valence-corrected chi connectivity index (χ3v) is 3.94. The van der Waals surface area contributed by atoms with Crippen molar-refractivity contribution in [3.8, 4) is 11.5 Å². The number of carbonyl (C=O) groups is 1. The zero-order valence-electron chi connectivity index (χ0n) is 18.0. The molecule has 0 saturated heterocycles. The van der Waals surface area contributed by atoms with E-state index < -0.39 is 5.97 Å². The second-order valence-electron chi connectivity index (χ2n) is 6.77. The van der Waals surface area contributed by atoms with Crippen molar-refractivity contribution in [2.75, 3.05) is 34.9 Å². The fraction of sp³-hybridized carbons (Fsp3) is 0.500. The average molecular weight is 392 g/mol. The SMILES string of the molecule is COCOc1cc(OCOC)c(CC=C(C)C)c(C(=O)OC)c1CC=C(C)C. The van der Waals surface area contributed by atoms with Crippen molar-refractivity contribution in [1.29, 1.82) is 0 Å². The second-order valence-corrected chi connectivity index (χ2v) is 6.77. The monoisotopic (exact) mass is 392 g/mol. The van der Waals surface area contributed by atoms with Gasteiger partial charge in [0.2, 0.25) is 0 Å². The molecule has 0 fully saturated rings. The fourth-order valence-electron chi connectivity index (χ4n) is 2.59. The summed E-state index contributed by atoms with van der Waals surface area (Å²) in [6, 6.07) is 1.78. The lowest BCUT2D eigenvalue weighted by molar-refractivity contribution is 0.0441. The molecule has 0 heterocycles. The van der Waals surface area contributed by atoms with Crippen molar-refractivity contribution in [2.24, 2.45) is 0 Å². The van der Waals surface area contributed by atoms with Crippen LogP contribution in [0.2, 0.25) is 0 Å². The Morgan fingerprint density at radius 3 is 1.57 bits per heavy atom. The summed E-state index contributed by atoms with van der Waals surface area (Å²) in [5.74, 6) is 0.609. The zero-order valence-corrected chi connectivity index (χ0v) is 18.0. The molecule has 0 atom stereocenters. The zero-order chi connectivity index (χ0) is 21.1. The van der Waals surface area contributed by atoms with E-state index in [4.69, 9.17) is 23.7 Å². The minimum Gasteiger partial charge on any atom is -0.467 e. The van der Waals surface area contributed by atoms with Crippen LogP contribution in [0.25, 0.3) is 0 Å². The van der Waals surface area contributed by atoms with Gasteiger partial charge in [0.15, 0.2) is 13.6 Å². The van der Waals surface area contributed by atoms with E-state index in [0.717, 1.165) is 22.3 Å². The Labute approximate surface area is 168 Å². The van der Waals surface area contributed by atoms with Gasteiger partial charge in [-0.05, 0) is 40.5 Å². The third kappa shape index (κ3) is 7.02. The number of ether oxygens (including phenoxy) is 5. The summed E-state index contributed by atoms with van der Waals surface area (Å²) < 4.78 is 26.7. The van der Waals surface area contributed by atoms with Crippen LogP contribution in [0.3, 0.4) is 0 Å². The maximum absolute atomic E-state index is 12.8. The van der Waals surface area contributed by atoms with Gasteiger partial charge in [-0.15, -0.1) is 0 Å². The van der Waals surface area contributed by atoms with Gasteiger partial charge in [0.05, 0.1) is 12.7 Å². The van der Waals surface area contributed by atoms with Crippen LogP contribution in [0.5, 0.6) is 11.5 Å². The standard InChI is InChI=1S/C22H32O6/c1-15(2)8-10-17-19(27-13-24-5)12-20(28-14-25-6)18(11-9-16(3)4)21(17)22(23)26-7/h8-9,12H,10-11,13-14H2,1-7H3. The predicted molar refractivity (Wildman–Crippen MR) is 109 cm³/mol. The van der Waals surface area contributed by atoms with Gasteiger partial charge in [0, 0.05) is 31.4 Å². The molecule has 6 heteroatoms. The minimum absolute atomic E-state index is 0.0550. The lowest BCUT2D eigenvalue weighted by Crippen LogP contribution is -2.15. The molecule has 1 aromatic rings. The first kappa shape index (κ1) is 23.7. The van der Waals surface area contributed by atoms with Gasteiger partial charge in [-0.25, -0.2) is 4.79 Å². The lowest BCUT2D eigenvalue weighted by Gasteiger charge is -2.20. The van der Waals surface area contributed by atoms with E-state index in [2.05, 4.69) is 0 Å². The Balaban J connectivity index is 3.73. The molecule has 0 aliphatic rings. The molecule has 0 aliphatic carbocycles. The highest BCUT2D eigenvalue weighted by molar-refractivity contribution is 5.95. The predicted octanol–water partition coefficient (Wildman–Crippen LogP) is 4.46. The van der Waals surface area contributed by atoms with Crippen molar-refractivity contribution >= 4 is 5.97 Å². The van der Waals surface area contributed by atoms with E-state index in [9.17, 15) is 4.79 Å². The van der Waals surface area contributed by atoms with E-state index in [-0.39, 0.29) is 13.6 Å². The van der Waals surface area contributed by atoms with Crippen LogP contribution in [0.1, 0.15) is 49.2 Å². The number of allylic oxidation sites excluding steroid dienone is 4. The van der Waals surface area contributed by atoms with E-state index >= 15 is 0 Å². The van der Waals surface area contributed by atoms with Gasteiger partial charge < -0.3 is 23.7 Å². The average Bonchev–Trinajstić information content (AvgIpc) is 2.66. The van der Waals surface area contributed by atoms with E-state index in [1.807, 2.05) is 39.8 Å². The van der Waals surface area contributed by atoms with Crippen LogP contribution in [-0.4, -0.2) is 40.9 Å². The first-order valence-corrected chi connectivity index (χ1v) is 9.12. The second kappa shape index (κ2) is 12.2. The summed E-state index contributed by atoms with van der Waals surface area (Å²) in [5.41, 5.74) is 4.22. The third-order valence-electron chi connectivity index (χ3n) is 3.94. The van der Waals surface area contributed by atoms with Crippen molar-refractivity contribution in [3.05, 3.63) is 46.1 Å². The smallest absolute Gasteiger partial charge is 0.338 e. The molecule has 0 unspecified atom stereocenters. The molecule has 0 aromatic heterocycles. The maximum Gasteiger partial charge on any atom is 0.338 e. The Kier molecular flexibility index (Phi) is 10.3. The summed E-state index contributed by atoms with van der Waals surface area (Å²) in [6.07, 6.45) is 5.14. The van der Waals surface area contributed by atoms with Crippen LogP contribution in [0.4, 0.5) is 0 Å². The number of benzene rings is 1. The van der Waals surface area contributed by atoms with Gasteiger partial charge in [-0.2, -0.15) is 0 Å². The van der Waals surface area contributed by atoms with E-state index in [1.165, 1.54) is 7.11 Å². The Bertz CT molecular complexity index is 660. The van der Waals surface area contributed by atoms with Gasteiger partial charge >= 0.3 is 5.97 Å². The first-order valence-electron chi connectivity index (χ1n) is 9.12. The fourth-order valence-corrected chi connectivity index (χ4v) is 2.59. The minimum atomic E-state index is -0.431. The van der Waals surface area contributed by atoms with Crippen LogP contribution >= 0.6 is 0 Å². The Hall–Kier alpha value is -2.31. The normalized spacial score (nSPS) is 10.2. The Morgan fingerprint density at radius 2 is 1.25 bits per heavy atom. The van der Waals surface area contributed by atoms with E-state index in [1.54, 1.807) is 20.3 Å². The molecule has 156 valence electrons. The molecule has 1 aromatic carbocycles. The molecule has 6 nitrogen and oxygen atoms in total. The summed E-state index contributed by atoms with van der Waals surface area (Å²) in [4.78, 5) is 12.8. The maximum atomic E-state index is 12.8. The van der Waals surface area contributed by atoms with Gasteiger partial charge in [0.25, 0.3) is 0 Å². The number of hydrogen-bond acceptors (Lipinski definition) is 6. The van der Waals surface area contributed by atoms with Gasteiger partial charge in [0.1, 0.15) is 11.5 Å². The quantitative estimate of drug-likeness (QED) is 0.315. The summed E-state index contributed by atoms with van der Waals surface area (Å²) in [6.45, 7) is 8.14. The molecule has 0 bridgehead atoms. The number of hydrogen-bond donors (Lipinski definition) is 0. The van der Waals surface area contributed by atoms with Crippen LogP contribution in [-0.2, 0) is 27.1 Å². The molecule has 1 rings (SSSR count). The summed E-state index contributed by atoms with van der Waals surface area (Å²) in [5, 5.41) is 0. The van der Waals surface area contributed by atoms with Crippen molar-refractivity contribution < 1.29 is 28.5 Å². The van der Waals surface area contributed by atoms with Crippen molar-refractivity contribution in [1.82, 2.24) is 0 Å². The van der Waals surface area contributed by atoms with Gasteiger partial charge in [-0.3, -0.25) is 0 Å². The number of methoxy groups -OCH3 is 3. The molecule has 0 N–H and O–H groups in total. The number of rotatable bonds is 11. The molecule has 28 heavy (non-hydrogen) atoms. The molecular formula is C22H32O6. The largest absolute Gasteiger partial charge is 0.467 e. The van der Waals surface area contributed by atoms with Crippen LogP contribution < -0.4 is 9.47 Å². The lowest BCUT2D eigenvalue weighted by atomic mass is 9.93. The molecule has 0 amide bonds. The molecule has 0 saturated carbocycles. The summed E-state index contributed by atoms with van der Waals surface area (Å²) in [7, 11) is 4.46. The molecule has 0 radical (unpaired) electrons. The van der Waals surface area contributed by atoms with Crippen LogP contribution in [0, 0.1) is 0 Å².